The molecule has 1 atom stereocenters. The van der Waals surface area contributed by atoms with Crippen LogP contribution in [0.4, 0.5) is 18.9 Å². The van der Waals surface area contributed by atoms with Crippen LogP contribution in [-0.4, -0.2) is 51.6 Å². The monoisotopic (exact) mass is 415 g/mol. The van der Waals surface area contributed by atoms with Crippen molar-refractivity contribution in [3.63, 3.8) is 0 Å². The molecule has 1 aliphatic rings. The van der Waals surface area contributed by atoms with Crippen LogP contribution < -0.4 is 10.5 Å². The summed E-state index contributed by atoms with van der Waals surface area (Å²) in [4.78, 5) is 10.6. The Bertz CT molecular complexity index is 883. The van der Waals surface area contributed by atoms with Gasteiger partial charge in [-0.25, -0.2) is 22.0 Å². The molecule has 0 aromatic heterocycles. The summed E-state index contributed by atoms with van der Waals surface area (Å²) in [6, 6.07) is 3.30. The topological polar surface area (TPSA) is 127 Å². The molecule has 0 spiro atoms. The Balaban J connectivity index is 2.20. The predicted molar refractivity (Wildman–Crippen MR) is 86.0 cm³/mol. The van der Waals surface area contributed by atoms with Crippen LogP contribution >= 0.6 is 0 Å². The molecule has 3 N–H and O–H groups in total. The number of anilines is 1. The summed E-state index contributed by atoms with van der Waals surface area (Å²) in [6.45, 7) is 0.106. The molecule has 146 valence electrons. The molecule has 0 saturated carbocycles. The number of hydrogen-bond acceptors (Lipinski definition) is 5. The summed E-state index contributed by atoms with van der Waals surface area (Å²) in [5, 5.41) is 6.58. The lowest BCUT2D eigenvalue weighted by Gasteiger charge is -2.23. The second kappa shape index (κ2) is 7.13. The third-order valence-corrected chi connectivity index (χ3v) is 6.54. The number of carbonyl (C=O) groups is 1. The Morgan fingerprint density at radius 2 is 1.77 bits per heavy atom. The molecule has 1 heterocycles. The third-order valence-electron chi connectivity index (χ3n) is 3.72. The first-order valence-electron chi connectivity index (χ1n) is 7.31. The first kappa shape index (κ1) is 20.6. The molecule has 0 aliphatic carbocycles. The van der Waals surface area contributed by atoms with Crippen molar-refractivity contribution in [3.05, 3.63) is 24.3 Å². The van der Waals surface area contributed by atoms with Gasteiger partial charge in [0.2, 0.25) is 20.0 Å². The van der Waals surface area contributed by atoms with Crippen molar-refractivity contribution in [2.45, 2.75) is 30.0 Å². The second-order valence-electron chi connectivity index (χ2n) is 5.72. The maximum Gasteiger partial charge on any atom is 0.471 e. The van der Waals surface area contributed by atoms with Crippen LogP contribution in [0.2, 0.25) is 0 Å². The normalized spacial score (nSPS) is 19.5. The molecular formula is C13H16F3N3O5S2. The van der Waals surface area contributed by atoms with E-state index in [0.29, 0.717) is 12.8 Å². The van der Waals surface area contributed by atoms with Crippen molar-refractivity contribution in [3.8, 4) is 0 Å². The maximum absolute atomic E-state index is 12.6. The van der Waals surface area contributed by atoms with Crippen LogP contribution in [-0.2, 0) is 24.8 Å². The molecule has 0 bridgehead atoms. The van der Waals surface area contributed by atoms with E-state index in [-0.39, 0.29) is 17.1 Å². The highest BCUT2D eigenvalue weighted by molar-refractivity contribution is 7.90. The van der Waals surface area contributed by atoms with Gasteiger partial charge in [0, 0.05) is 18.3 Å². The largest absolute Gasteiger partial charge is 0.471 e. The van der Waals surface area contributed by atoms with Gasteiger partial charge in [0.1, 0.15) is 0 Å². The van der Waals surface area contributed by atoms with E-state index in [4.69, 9.17) is 5.14 Å². The zero-order valence-electron chi connectivity index (χ0n) is 13.2. The summed E-state index contributed by atoms with van der Waals surface area (Å²) in [6.07, 6.45) is -4.28. The minimum atomic E-state index is -5.07. The summed E-state index contributed by atoms with van der Waals surface area (Å²) in [5.74, 6) is -2.70. The Hall–Kier alpha value is -1.70. The van der Waals surface area contributed by atoms with Crippen molar-refractivity contribution < 1.29 is 34.8 Å². The number of alkyl halides is 3. The number of nitrogens with one attached hydrogen (secondary N) is 1. The molecule has 1 aromatic carbocycles. The molecule has 1 saturated heterocycles. The van der Waals surface area contributed by atoms with Gasteiger partial charge in [-0.3, -0.25) is 4.79 Å². The Labute approximate surface area is 148 Å². The summed E-state index contributed by atoms with van der Waals surface area (Å²) in [7, 11) is -7.93. The average molecular weight is 415 g/mol. The Kier molecular flexibility index (Phi) is 5.66. The van der Waals surface area contributed by atoms with Gasteiger partial charge in [0.15, 0.2) is 0 Å². The van der Waals surface area contributed by atoms with E-state index in [1.165, 1.54) is 0 Å². The number of carbonyl (C=O) groups excluding carboxylic acids is 1. The standard InChI is InChI=1S/C13H16F3N3O5S2/c14-13(15,16)12(20)18-9-3-5-11(6-4-9)26(23,24)19-7-1-2-10(19)8-25(17,21)22/h3-6,10H,1-2,7-8H2,(H,18,20)(H2,17,21,22). The van der Waals surface area contributed by atoms with Crippen LogP contribution in [0.1, 0.15) is 12.8 Å². The lowest BCUT2D eigenvalue weighted by atomic mass is 10.3. The molecule has 1 aromatic rings. The number of sulfonamides is 2. The minimum Gasteiger partial charge on any atom is -0.318 e. The highest BCUT2D eigenvalue weighted by Crippen LogP contribution is 2.27. The third kappa shape index (κ3) is 4.93. The van der Waals surface area contributed by atoms with Gasteiger partial charge in [-0.05, 0) is 37.1 Å². The molecule has 26 heavy (non-hydrogen) atoms. The van der Waals surface area contributed by atoms with Gasteiger partial charge >= 0.3 is 12.1 Å². The van der Waals surface area contributed by atoms with Gasteiger partial charge in [-0.1, -0.05) is 0 Å². The van der Waals surface area contributed by atoms with E-state index in [2.05, 4.69) is 0 Å². The molecule has 1 amide bonds. The molecule has 0 radical (unpaired) electrons. The molecule has 13 heteroatoms. The SMILES string of the molecule is NS(=O)(=O)CC1CCCN1S(=O)(=O)c1ccc(NC(=O)C(F)(F)F)cc1. The van der Waals surface area contributed by atoms with Crippen molar-refractivity contribution in [1.29, 1.82) is 0 Å². The van der Waals surface area contributed by atoms with E-state index in [0.717, 1.165) is 28.6 Å². The first-order valence-corrected chi connectivity index (χ1v) is 10.5. The molecular weight excluding hydrogens is 399 g/mol. The number of amides is 1. The fourth-order valence-electron chi connectivity index (χ4n) is 2.61. The minimum absolute atomic E-state index is 0.106. The van der Waals surface area contributed by atoms with Crippen molar-refractivity contribution >= 4 is 31.6 Å². The maximum atomic E-state index is 12.6. The molecule has 1 fully saturated rings. The number of hydrogen-bond donors (Lipinski definition) is 2. The van der Waals surface area contributed by atoms with Gasteiger partial charge in [0.05, 0.1) is 10.6 Å². The lowest BCUT2D eigenvalue weighted by molar-refractivity contribution is -0.167. The van der Waals surface area contributed by atoms with Gasteiger partial charge in [0.25, 0.3) is 0 Å². The quantitative estimate of drug-likeness (QED) is 0.729. The van der Waals surface area contributed by atoms with E-state index in [1.807, 2.05) is 0 Å². The Morgan fingerprint density at radius 3 is 2.27 bits per heavy atom. The van der Waals surface area contributed by atoms with Gasteiger partial charge in [-0.15, -0.1) is 0 Å². The zero-order chi connectivity index (χ0) is 19.8. The summed E-state index contributed by atoms with van der Waals surface area (Å²) < 4.78 is 85.4. The van der Waals surface area contributed by atoms with E-state index < -0.39 is 43.9 Å². The van der Waals surface area contributed by atoms with Gasteiger partial charge < -0.3 is 5.32 Å². The smallest absolute Gasteiger partial charge is 0.318 e. The van der Waals surface area contributed by atoms with Crippen molar-refractivity contribution in [2.24, 2.45) is 5.14 Å². The first-order chi connectivity index (χ1) is 11.8. The van der Waals surface area contributed by atoms with Crippen LogP contribution in [0.25, 0.3) is 0 Å². The molecule has 8 nitrogen and oxygen atoms in total. The summed E-state index contributed by atoms with van der Waals surface area (Å²) >= 11 is 0. The number of nitrogens with two attached hydrogens (primary N) is 1. The average Bonchev–Trinajstić information content (AvgIpc) is 2.93. The van der Waals surface area contributed by atoms with E-state index >= 15 is 0 Å². The highest BCUT2D eigenvalue weighted by Gasteiger charge is 2.39. The number of nitrogens with zero attached hydrogens (tertiary/aromatic N) is 1. The highest BCUT2D eigenvalue weighted by atomic mass is 32.2. The molecule has 2 rings (SSSR count). The number of primary sulfonamides is 1. The number of rotatable bonds is 5. The van der Waals surface area contributed by atoms with Crippen LogP contribution in [0.15, 0.2) is 29.2 Å². The van der Waals surface area contributed by atoms with Crippen LogP contribution in [0, 0.1) is 0 Å². The summed E-state index contributed by atoms with van der Waals surface area (Å²) in [5.41, 5.74) is -0.228. The van der Waals surface area contributed by atoms with Crippen LogP contribution in [0.5, 0.6) is 0 Å². The fourth-order valence-corrected chi connectivity index (χ4v) is 5.28. The Morgan fingerprint density at radius 1 is 1.19 bits per heavy atom. The lowest BCUT2D eigenvalue weighted by Crippen LogP contribution is -2.41. The molecule has 1 aliphatic heterocycles. The fraction of sp³-hybridized carbons (Fsp3) is 0.462. The van der Waals surface area contributed by atoms with E-state index in [9.17, 15) is 34.8 Å². The molecule has 1 unspecified atom stereocenters. The van der Waals surface area contributed by atoms with E-state index in [1.54, 1.807) is 5.32 Å². The predicted octanol–water partition coefficient (Wildman–Crippen LogP) is 0.629. The van der Waals surface area contributed by atoms with Crippen LogP contribution in [0.3, 0.4) is 0 Å². The van der Waals surface area contributed by atoms with Crippen molar-refractivity contribution in [2.75, 3.05) is 17.6 Å². The number of halogens is 3. The second-order valence-corrected chi connectivity index (χ2v) is 9.27. The van der Waals surface area contributed by atoms with Gasteiger partial charge in [-0.2, -0.15) is 17.5 Å². The van der Waals surface area contributed by atoms with Crippen molar-refractivity contribution in [1.82, 2.24) is 4.31 Å². The number of benzene rings is 1. The zero-order valence-corrected chi connectivity index (χ0v) is 14.9.